The van der Waals surface area contributed by atoms with Gasteiger partial charge in [0.15, 0.2) is 0 Å². The summed E-state index contributed by atoms with van der Waals surface area (Å²) < 4.78 is 1.08. The number of nitro benzene ring substituents is 1. The van der Waals surface area contributed by atoms with E-state index in [1.807, 2.05) is 0 Å². The second-order valence-corrected chi connectivity index (χ2v) is 6.07. The molecule has 25 heavy (non-hydrogen) atoms. The van der Waals surface area contributed by atoms with Crippen molar-refractivity contribution in [3.8, 4) is 11.3 Å². The molecule has 1 heterocycles. The van der Waals surface area contributed by atoms with E-state index >= 15 is 0 Å². The molecule has 1 fully saturated rings. The normalized spacial score (nSPS) is 14.4. The zero-order valence-corrected chi connectivity index (χ0v) is 13.6. The largest absolute Gasteiger partial charge is 0.352 e. The zero-order chi connectivity index (χ0) is 17.8. The van der Waals surface area contributed by atoms with Crippen LogP contribution in [0.2, 0.25) is 0 Å². The molecule has 2 aromatic rings. The van der Waals surface area contributed by atoms with E-state index in [9.17, 15) is 19.7 Å². The summed E-state index contributed by atoms with van der Waals surface area (Å²) in [5.41, 5.74) is 0.461. The van der Waals surface area contributed by atoms with Crippen LogP contribution in [0.1, 0.15) is 25.7 Å². The number of non-ortho nitro benzene ring substituents is 1. The minimum absolute atomic E-state index is 0.0592. The van der Waals surface area contributed by atoms with Gasteiger partial charge in [0.25, 0.3) is 11.2 Å². The van der Waals surface area contributed by atoms with Crippen molar-refractivity contribution < 1.29 is 9.72 Å². The molecule has 1 aliphatic rings. The number of nitrogens with one attached hydrogen (secondary N) is 1. The molecule has 0 atom stereocenters. The third kappa shape index (κ3) is 4.09. The molecule has 0 unspecified atom stereocenters. The average Bonchev–Trinajstić information content (AvgIpc) is 3.09. The third-order valence-electron chi connectivity index (χ3n) is 4.23. The average molecular weight is 342 g/mol. The van der Waals surface area contributed by atoms with Gasteiger partial charge >= 0.3 is 0 Å². The van der Waals surface area contributed by atoms with Crippen molar-refractivity contribution in [2.45, 2.75) is 38.3 Å². The molecule has 1 aromatic carbocycles. The van der Waals surface area contributed by atoms with Crippen LogP contribution >= 0.6 is 0 Å². The number of rotatable bonds is 5. The Bertz CT molecular complexity index is 856. The summed E-state index contributed by atoms with van der Waals surface area (Å²) >= 11 is 0. The number of amides is 1. The molecule has 8 heteroatoms. The summed E-state index contributed by atoms with van der Waals surface area (Å²) in [6, 6.07) is 8.96. The van der Waals surface area contributed by atoms with Gasteiger partial charge in [-0.1, -0.05) is 25.0 Å². The lowest BCUT2D eigenvalue weighted by Crippen LogP contribution is -2.38. The van der Waals surface area contributed by atoms with Crippen molar-refractivity contribution in [2.75, 3.05) is 0 Å². The molecular formula is C17H18N4O4. The second kappa shape index (κ2) is 7.25. The van der Waals surface area contributed by atoms with E-state index in [4.69, 9.17) is 0 Å². The molecule has 0 aliphatic heterocycles. The Morgan fingerprint density at radius 3 is 2.76 bits per heavy atom. The van der Waals surface area contributed by atoms with Crippen molar-refractivity contribution in [3.05, 3.63) is 56.9 Å². The Hall–Kier alpha value is -3.03. The fourth-order valence-corrected chi connectivity index (χ4v) is 2.97. The quantitative estimate of drug-likeness (QED) is 0.659. The third-order valence-corrected chi connectivity index (χ3v) is 4.23. The maximum absolute atomic E-state index is 12.1. The van der Waals surface area contributed by atoms with E-state index in [1.165, 1.54) is 24.3 Å². The highest BCUT2D eigenvalue weighted by Crippen LogP contribution is 2.21. The molecule has 0 bridgehead atoms. The first-order chi connectivity index (χ1) is 12.0. The van der Waals surface area contributed by atoms with E-state index in [2.05, 4.69) is 10.4 Å². The van der Waals surface area contributed by atoms with Crippen molar-refractivity contribution in [3.63, 3.8) is 0 Å². The highest BCUT2D eigenvalue weighted by Gasteiger charge is 2.18. The molecule has 1 saturated carbocycles. The van der Waals surface area contributed by atoms with Crippen molar-refractivity contribution in [2.24, 2.45) is 0 Å². The highest BCUT2D eigenvalue weighted by atomic mass is 16.6. The van der Waals surface area contributed by atoms with Crippen LogP contribution in [0.5, 0.6) is 0 Å². The predicted molar refractivity (Wildman–Crippen MR) is 91.0 cm³/mol. The molecule has 3 rings (SSSR count). The number of benzene rings is 1. The minimum Gasteiger partial charge on any atom is -0.352 e. The van der Waals surface area contributed by atoms with E-state index < -0.39 is 10.5 Å². The topological polar surface area (TPSA) is 107 Å². The lowest BCUT2D eigenvalue weighted by atomic mass is 10.1. The van der Waals surface area contributed by atoms with Crippen molar-refractivity contribution in [1.82, 2.24) is 15.1 Å². The Morgan fingerprint density at radius 1 is 1.28 bits per heavy atom. The molecule has 1 amide bonds. The van der Waals surface area contributed by atoms with Crippen LogP contribution in [-0.2, 0) is 11.3 Å². The minimum atomic E-state index is -0.491. The molecule has 0 saturated heterocycles. The number of nitro groups is 1. The van der Waals surface area contributed by atoms with Gasteiger partial charge < -0.3 is 5.32 Å². The van der Waals surface area contributed by atoms with E-state index in [0.29, 0.717) is 11.3 Å². The number of hydrogen-bond donors (Lipinski definition) is 1. The summed E-state index contributed by atoms with van der Waals surface area (Å²) in [6.45, 7) is -0.169. The summed E-state index contributed by atoms with van der Waals surface area (Å²) in [5.74, 6) is -0.252. The van der Waals surface area contributed by atoms with E-state index in [-0.39, 0.29) is 24.2 Å². The summed E-state index contributed by atoms with van der Waals surface area (Å²) in [5, 5.41) is 18.0. The van der Waals surface area contributed by atoms with Gasteiger partial charge in [0.2, 0.25) is 5.91 Å². The summed E-state index contributed by atoms with van der Waals surface area (Å²) in [6.07, 6.45) is 4.13. The fraction of sp³-hybridized carbons (Fsp3) is 0.353. The monoisotopic (exact) mass is 342 g/mol. The van der Waals surface area contributed by atoms with Gasteiger partial charge in [-0.3, -0.25) is 19.7 Å². The Balaban J connectivity index is 1.80. The number of aromatic nitrogens is 2. The number of hydrogen-bond acceptors (Lipinski definition) is 5. The molecule has 0 radical (unpaired) electrons. The highest BCUT2D eigenvalue weighted by molar-refractivity contribution is 5.76. The number of carbonyl (C=O) groups is 1. The van der Waals surface area contributed by atoms with Crippen LogP contribution < -0.4 is 10.9 Å². The van der Waals surface area contributed by atoms with Gasteiger partial charge in [0, 0.05) is 29.8 Å². The molecule has 1 aliphatic carbocycles. The van der Waals surface area contributed by atoms with Gasteiger partial charge in [-0.15, -0.1) is 0 Å². The smallest absolute Gasteiger partial charge is 0.270 e. The molecule has 1 aromatic heterocycles. The summed E-state index contributed by atoms with van der Waals surface area (Å²) in [7, 11) is 0. The van der Waals surface area contributed by atoms with Crippen LogP contribution in [0.3, 0.4) is 0 Å². The van der Waals surface area contributed by atoms with Crippen molar-refractivity contribution >= 4 is 11.6 Å². The maximum Gasteiger partial charge on any atom is 0.270 e. The first kappa shape index (κ1) is 16.8. The van der Waals surface area contributed by atoms with E-state index in [1.54, 1.807) is 12.1 Å². The van der Waals surface area contributed by atoms with Gasteiger partial charge in [0.1, 0.15) is 6.54 Å². The molecular weight excluding hydrogens is 324 g/mol. The maximum atomic E-state index is 12.1. The molecule has 130 valence electrons. The number of nitrogens with zero attached hydrogens (tertiary/aromatic N) is 3. The van der Waals surface area contributed by atoms with Gasteiger partial charge in [-0.25, -0.2) is 4.68 Å². The van der Waals surface area contributed by atoms with Crippen LogP contribution in [0.15, 0.2) is 41.2 Å². The summed E-state index contributed by atoms with van der Waals surface area (Å²) in [4.78, 5) is 34.5. The lowest BCUT2D eigenvalue weighted by Gasteiger charge is -2.12. The first-order valence-electron chi connectivity index (χ1n) is 8.15. The Labute approximate surface area is 143 Å². The van der Waals surface area contributed by atoms with Crippen LogP contribution in [0, 0.1) is 10.1 Å². The second-order valence-electron chi connectivity index (χ2n) is 6.07. The fourth-order valence-electron chi connectivity index (χ4n) is 2.97. The zero-order valence-electron chi connectivity index (χ0n) is 13.6. The van der Waals surface area contributed by atoms with Crippen LogP contribution in [0.25, 0.3) is 11.3 Å². The molecule has 8 nitrogen and oxygen atoms in total. The predicted octanol–water partition coefficient (Wildman–Crippen LogP) is 1.88. The van der Waals surface area contributed by atoms with Crippen LogP contribution in [0.4, 0.5) is 5.69 Å². The van der Waals surface area contributed by atoms with Gasteiger partial charge in [0.05, 0.1) is 10.6 Å². The molecule has 1 N–H and O–H groups in total. The SMILES string of the molecule is O=C(Cn1nc(-c2cccc([N+](=O)[O-])c2)ccc1=O)NC1CCCC1. The number of carbonyl (C=O) groups excluding carboxylic acids is 1. The lowest BCUT2D eigenvalue weighted by molar-refractivity contribution is -0.384. The van der Waals surface area contributed by atoms with E-state index in [0.717, 1.165) is 30.4 Å². The Kier molecular flexibility index (Phi) is 4.87. The molecule has 0 spiro atoms. The van der Waals surface area contributed by atoms with Gasteiger partial charge in [-0.05, 0) is 18.9 Å². The standard InChI is InChI=1S/C17H18N4O4/c22-16(18-13-5-1-2-6-13)11-20-17(23)9-8-15(19-20)12-4-3-7-14(10-12)21(24)25/h3-4,7-10,13H,1-2,5-6,11H2,(H,18,22). The first-order valence-corrected chi connectivity index (χ1v) is 8.15. The van der Waals surface area contributed by atoms with Gasteiger partial charge in [-0.2, -0.15) is 5.10 Å². The van der Waals surface area contributed by atoms with Crippen LogP contribution in [-0.4, -0.2) is 26.7 Å². The Morgan fingerprint density at radius 2 is 2.04 bits per heavy atom. The van der Waals surface area contributed by atoms with Crippen molar-refractivity contribution in [1.29, 1.82) is 0 Å².